The SMILES string of the molecule is CCc1cc(C#Cc2ccc(C=O)c(CC(=O)O)c2)ccc1C1(OC(C)C)CC1. The molecule has 2 aromatic carbocycles. The molecule has 0 unspecified atom stereocenters. The largest absolute Gasteiger partial charge is 0.481 e. The van der Waals surface area contributed by atoms with Crippen LogP contribution in [0.4, 0.5) is 0 Å². The molecule has 4 nitrogen and oxygen atoms in total. The predicted octanol–water partition coefficient (Wildman–Crippen LogP) is 4.50. The van der Waals surface area contributed by atoms with Crippen LogP contribution in [0.25, 0.3) is 0 Å². The maximum atomic E-state index is 11.1. The number of carboxylic acids is 1. The third-order valence-electron chi connectivity index (χ3n) is 5.11. The third kappa shape index (κ3) is 4.93. The zero-order valence-corrected chi connectivity index (χ0v) is 17.1. The van der Waals surface area contributed by atoms with Crippen molar-refractivity contribution in [2.75, 3.05) is 0 Å². The minimum atomic E-state index is -0.973. The molecule has 0 aliphatic heterocycles. The van der Waals surface area contributed by atoms with E-state index in [0.717, 1.165) is 24.8 Å². The molecule has 1 aliphatic rings. The summed E-state index contributed by atoms with van der Waals surface area (Å²) in [4.78, 5) is 22.1. The first-order valence-electron chi connectivity index (χ1n) is 10.00. The van der Waals surface area contributed by atoms with E-state index >= 15 is 0 Å². The summed E-state index contributed by atoms with van der Waals surface area (Å²) in [7, 11) is 0. The number of ether oxygens (including phenoxy) is 1. The van der Waals surface area contributed by atoms with E-state index < -0.39 is 5.97 Å². The average Bonchev–Trinajstić information content (AvgIpc) is 3.45. The lowest BCUT2D eigenvalue weighted by Crippen LogP contribution is -2.19. The van der Waals surface area contributed by atoms with Crippen LogP contribution >= 0.6 is 0 Å². The molecule has 0 radical (unpaired) electrons. The van der Waals surface area contributed by atoms with E-state index in [9.17, 15) is 9.59 Å². The number of carbonyl (C=O) groups excluding carboxylic acids is 1. The van der Waals surface area contributed by atoms with Crippen LogP contribution in [-0.2, 0) is 28.0 Å². The van der Waals surface area contributed by atoms with Gasteiger partial charge in [0.2, 0.25) is 0 Å². The second-order valence-corrected chi connectivity index (χ2v) is 7.74. The smallest absolute Gasteiger partial charge is 0.307 e. The summed E-state index contributed by atoms with van der Waals surface area (Å²) in [5.41, 5.74) is 4.83. The molecule has 4 heteroatoms. The number of hydrogen-bond acceptors (Lipinski definition) is 3. The van der Waals surface area contributed by atoms with Crippen LogP contribution in [0, 0.1) is 11.8 Å². The van der Waals surface area contributed by atoms with Gasteiger partial charge in [0.1, 0.15) is 6.29 Å². The van der Waals surface area contributed by atoms with Crippen LogP contribution in [0.5, 0.6) is 0 Å². The fourth-order valence-corrected chi connectivity index (χ4v) is 3.68. The highest BCUT2D eigenvalue weighted by Gasteiger charge is 2.47. The van der Waals surface area contributed by atoms with Gasteiger partial charge in [-0.3, -0.25) is 9.59 Å². The van der Waals surface area contributed by atoms with Crippen LogP contribution in [0.2, 0.25) is 0 Å². The van der Waals surface area contributed by atoms with Gasteiger partial charge in [-0.25, -0.2) is 0 Å². The minimum Gasteiger partial charge on any atom is -0.481 e. The summed E-state index contributed by atoms with van der Waals surface area (Å²) in [5.74, 6) is 5.29. The molecule has 150 valence electrons. The Bertz CT molecular complexity index is 988. The van der Waals surface area contributed by atoms with E-state index in [-0.39, 0.29) is 18.1 Å². The molecule has 1 saturated carbocycles. The third-order valence-corrected chi connectivity index (χ3v) is 5.11. The van der Waals surface area contributed by atoms with Crippen molar-refractivity contribution in [3.63, 3.8) is 0 Å². The lowest BCUT2D eigenvalue weighted by molar-refractivity contribution is -0.136. The van der Waals surface area contributed by atoms with Gasteiger partial charge >= 0.3 is 5.97 Å². The Morgan fingerprint density at radius 3 is 2.28 bits per heavy atom. The van der Waals surface area contributed by atoms with Crippen molar-refractivity contribution >= 4 is 12.3 Å². The second kappa shape index (κ2) is 8.63. The molecular weight excluding hydrogens is 364 g/mol. The molecular formula is C25H26O4. The maximum absolute atomic E-state index is 11.1. The molecule has 1 aliphatic carbocycles. The Morgan fingerprint density at radius 1 is 1.14 bits per heavy atom. The first kappa shape index (κ1) is 20.8. The molecule has 0 saturated heterocycles. The monoisotopic (exact) mass is 390 g/mol. The molecule has 29 heavy (non-hydrogen) atoms. The topological polar surface area (TPSA) is 63.6 Å². The van der Waals surface area contributed by atoms with Crippen molar-refractivity contribution in [2.45, 2.75) is 58.2 Å². The maximum Gasteiger partial charge on any atom is 0.307 e. The minimum absolute atomic E-state index is 0.137. The molecule has 0 bridgehead atoms. The predicted molar refractivity (Wildman–Crippen MR) is 112 cm³/mol. The molecule has 3 rings (SSSR count). The Kier molecular flexibility index (Phi) is 6.20. The highest BCUT2D eigenvalue weighted by molar-refractivity contribution is 5.81. The van der Waals surface area contributed by atoms with Gasteiger partial charge in [-0.1, -0.05) is 30.9 Å². The van der Waals surface area contributed by atoms with E-state index in [0.29, 0.717) is 23.0 Å². The quantitative estimate of drug-likeness (QED) is 0.558. The molecule has 0 atom stereocenters. The zero-order chi connectivity index (χ0) is 21.0. The summed E-state index contributed by atoms with van der Waals surface area (Å²) in [6.07, 6.45) is 3.68. The van der Waals surface area contributed by atoms with Crippen molar-refractivity contribution in [1.82, 2.24) is 0 Å². The number of hydrogen-bond donors (Lipinski definition) is 1. The summed E-state index contributed by atoms with van der Waals surface area (Å²) < 4.78 is 6.20. The number of rotatable bonds is 7. The van der Waals surface area contributed by atoms with E-state index in [4.69, 9.17) is 9.84 Å². The number of aldehydes is 1. The van der Waals surface area contributed by atoms with E-state index in [2.05, 4.69) is 44.7 Å². The molecule has 0 spiro atoms. The van der Waals surface area contributed by atoms with Gasteiger partial charge in [-0.15, -0.1) is 0 Å². The number of aliphatic carboxylic acids is 1. The van der Waals surface area contributed by atoms with E-state index in [1.54, 1.807) is 18.2 Å². The van der Waals surface area contributed by atoms with Crippen LogP contribution in [0.3, 0.4) is 0 Å². The second-order valence-electron chi connectivity index (χ2n) is 7.74. The lowest BCUT2D eigenvalue weighted by atomic mass is 9.96. The van der Waals surface area contributed by atoms with Gasteiger partial charge < -0.3 is 9.84 Å². The van der Waals surface area contributed by atoms with Crippen LogP contribution in [-0.4, -0.2) is 23.5 Å². The normalized spacial score (nSPS) is 14.2. The Labute approximate surface area is 171 Å². The summed E-state index contributed by atoms with van der Waals surface area (Å²) >= 11 is 0. The molecule has 0 heterocycles. The summed E-state index contributed by atoms with van der Waals surface area (Å²) in [5, 5.41) is 9.03. The van der Waals surface area contributed by atoms with Crippen LogP contribution in [0.1, 0.15) is 71.8 Å². The Morgan fingerprint density at radius 2 is 1.76 bits per heavy atom. The van der Waals surface area contributed by atoms with Crippen molar-refractivity contribution in [2.24, 2.45) is 0 Å². The van der Waals surface area contributed by atoms with Crippen LogP contribution in [0.15, 0.2) is 36.4 Å². The number of carbonyl (C=O) groups is 2. The van der Waals surface area contributed by atoms with Crippen molar-refractivity contribution in [3.05, 3.63) is 69.8 Å². The zero-order valence-electron chi connectivity index (χ0n) is 17.1. The van der Waals surface area contributed by atoms with Crippen LogP contribution < -0.4 is 0 Å². The molecule has 0 amide bonds. The standard InChI is InChI=1S/C25H26O4/c1-4-20-13-19(8-10-23(20)25(11-12-25)29-17(2)3)6-5-18-7-9-21(16-26)22(14-18)15-24(27)28/h7-10,13-14,16-17H,4,11-12,15H2,1-3H3,(H,27,28). The number of aryl methyl sites for hydroxylation is 1. The van der Waals surface area contributed by atoms with Gasteiger partial charge in [0.25, 0.3) is 0 Å². The first-order valence-corrected chi connectivity index (χ1v) is 10.00. The van der Waals surface area contributed by atoms with Gasteiger partial charge in [-0.05, 0) is 74.1 Å². The fourth-order valence-electron chi connectivity index (χ4n) is 3.68. The molecule has 0 aromatic heterocycles. The lowest BCUT2D eigenvalue weighted by Gasteiger charge is -2.22. The average molecular weight is 390 g/mol. The van der Waals surface area contributed by atoms with Gasteiger partial charge in [0.15, 0.2) is 0 Å². The van der Waals surface area contributed by atoms with Crippen molar-refractivity contribution in [3.8, 4) is 11.8 Å². The summed E-state index contributed by atoms with van der Waals surface area (Å²) in [6.45, 7) is 6.28. The fraction of sp³-hybridized carbons (Fsp3) is 0.360. The van der Waals surface area contributed by atoms with E-state index in [1.165, 1.54) is 11.1 Å². The highest BCUT2D eigenvalue weighted by Crippen LogP contribution is 2.51. The number of benzene rings is 2. The number of carboxylic acid groups (broad SMARTS) is 1. The molecule has 2 aromatic rings. The highest BCUT2D eigenvalue weighted by atomic mass is 16.5. The van der Waals surface area contributed by atoms with Gasteiger partial charge in [0, 0.05) is 16.7 Å². The van der Waals surface area contributed by atoms with Gasteiger partial charge in [0.05, 0.1) is 18.1 Å². The van der Waals surface area contributed by atoms with Crippen molar-refractivity contribution in [1.29, 1.82) is 0 Å². The van der Waals surface area contributed by atoms with Gasteiger partial charge in [-0.2, -0.15) is 0 Å². The Balaban J connectivity index is 1.88. The summed E-state index contributed by atoms with van der Waals surface area (Å²) in [6, 6.07) is 11.3. The molecule has 1 fully saturated rings. The first-order chi connectivity index (χ1) is 13.9. The van der Waals surface area contributed by atoms with E-state index in [1.807, 2.05) is 6.07 Å². The Hall–Kier alpha value is -2.90. The molecule has 1 N–H and O–H groups in total. The van der Waals surface area contributed by atoms with Crippen molar-refractivity contribution < 1.29 is 19.4 Å².